The number of rotatable bonds is 6. The quantitative estimate of drug-likeness (QED) is 0.441. The summed E-state index contributed by atoms with van der Waals surface area (Å²) in [5.41, 5.74) is 1.09. The van der Waals surface area contributed by atoms with Gasteiger partial charge in [0.25, 0.3) is 0 Å². The minimum Gasteiger partial charge on any atom is -0.478 e. The minimum atomic E-state index is -3.61. The number of aliphatic carboxylic acids is 1. The average molecular weight is 494 g/mol. The largest absolute Gasteiger partial charge is 0.478 e. The van der Waals surface area contributed by atoms with Gasteiger partial charge in [-0.1, -0.05) is 32.0 Å². The second-order valence-corrected chi connectivity index (χ2v) is 10.2. The molecular weight excluding hydrogens is 470 g/mol. The van der Waals surface area contributed by atoms with E-state index in [1.807, 2.05) is 44.2 Å². The summed E-state index contributed by atoms with van der Waals surface area (Å²) in [7, 11) is -3.61. The van der Waals surface area contributed by atoms with Crippen LogP contribution in [0.1, 0.15) is 26.7 Å². The van der Waals surface area contributed by atoms with Crippen LogP contribution in [0.25, 0.3) is 0 Å². The van der Waals surface area contributed by atoms with E-state index in [-0.39, 0.29) is 16.4 Å². The van der Waals surface area contributed by atoms with Crippen molar-refractivity contribution in [1.82, 2.24) is 0 Å². The summed E-state index contributed by atoms with van der Waals surface area (Å²) < 4.78 is 32.8. The summed E-state index contributed by atoms with van der Waals surface area (Å²) in [5.74, 6) is -0.877. The number of hydrogen-bond donors (Lipinski definition) is 1. The number of carboxylic acid groups (broad SMARTS) is 1. The molecule has 0 saturated heterocycles. The van der Waals surface area contributed by atoms with Crippen LogP contribution in [-0.4, -0.2) is 31.8 Å². The molecule has 0 saturated carbocycles. The topological polar surface area (TPSA) is 83.9 Å². The number of halogens is 1. The van der Waals surface area contributed by atoms with Gasteiger partial charge in [0.1, 0.15) is 5.75 Å². The lowest BCUT2D eigenvalue weighted by atomic mass is 9.83. The van der Waals surface area contributed by atoms with Crippen LogP contribution in [0.3, 0.4) is 0 Å². The fourth-order valence-electron chi connectivity index (χ4n) is 3.70. The standard InChI is InChI=1S/C22H24BrNO5S/c1-3-22(4-2)14-24(16-8-6-5-7-9-16)18-12-17(23)19(29-11-10-21(25)26)13-20(18)30(27,28)15-22/h5-13H,3-4,14-15H2,1-2H3,(H,25,26). The summed E-state index contributed by atoms with van der Waals surface area (Å²) in [6.45, 7) is 4.63. The maximum absolute atomic E-state index is 13.4. The second kappa shape index (κ2) is 8.81. The van der Waals surface area contributed by atoms with Crippen LogP contribution in [0.2, 0.25) is 0 Å². The first-order valence-electron chi connectivity index (χ1n) is 9.66. The molecule has 1 aliphatic rings. The van der Waals surface area contributed by atoms with Crippen molar-refractivity contribution in [2.24, 2.45) is 5.41 Å². The number of carboxylic acids is 1. The molecule has 3 rings (SSSR count). The normalized spacial score (nSPS) is 17.4. The molecule has 8 heteroatoms. The molecule has 1 heterocycles. The number of hydrogen-bond acceptors (Lipinski definition) is 5. The lowest BCUT2D eigenvalue weighted by molar-refractivity contribution is -0.131. The number of ether oxygens (including phenoxy) is 1. The molecule has 1 aliphatic heterocycles. The van der Waals surface area contributed by atoms with Gasteiger partial charge in [0, 0.05) is 23.7 Å². The summed E-state index contributed by atoms with van der Waals surface area (Å²) in [6.07, 6.45) is 3.33. The Morgan fingerprint density at radius 2 is 1.90 bits per heavy atom. The van der Waals surface area contributed by atoms with Crippen molar-refractivity contribution < 1.29 is 23.1 Å². The Kier molecular flexibility index (Phi) is 6.57. The lowest BCUT2D eigenvalue weighted by Gasteiger charge is -2.35. The van der Waals surface area contributed by atoms with Crippen molar-refractivity contribution in [3.05, 3.63) is 59.3 Å². The average Bonchev–Trinajstić information content (AvgIpc) is 2.81. The smallest absolute Gasteiger partial charge is 0.331 e. The second-order valence-electron chi connectivity index (χ2n) is 7.40. The number of nitrogens with zero attached hydrogens (tertiary/aromatic N) is 1. The Balaban J connectivity index is 2.21. The highest BCUT2D eigenvalue weighted by molar-refractivity contribution is 9.10. The molecule has 0 unspecified atom stereocenters. The van der Waals surface area contributed by atoms with E-state index in [9.17, 15) is 13.2 Å². The maximum Gasteiger partial charge on any atom is 0.331 e. The molecule has 6 nitrogen and oxygen atoms in total. The summed E-state index contributed by atoms with van der Waals surface area (Å²) >= 11 is 3.44. The van der Waals surface area contributed by atoms with E-state index in [1.54, 1.807) is 6.07 Å². The maximum atomic E-state index is 13.4. The lowest BCUT2D eigenvalue weighted by Crippen LogP contribution is -2.37. The van der Waals surface area contributed by atoms with Gasteiger partial charge in [-0.05, 0) is 47.0 Å². The Hall–Kier alpha value is -2.32. The minimum absolute atomic E-state index is 0.0371. The van der Waals surface area contributed by atoms with Gasteiger partial charge < -0.3 is 14.7 Å². The molecule has 0 atom stereocenters. The predicted octanol–water partition coefficient (Wildman–Crippen LogP) is 5.16. The van der Waals surface area contributed by atoms with Crippen LogP contribution in [0.5, 0.6) is 5.75 Å². The Morgan fingerprint density at radius 1 is 1.23 bits per heavy atom. The fourth-order valence-corrected chi connectivity index (χ4v) is 6.36. The van der Waals surface area contributed by atoms with Gasteiger partial charge in [0.15, 0.2) is 9.84 Å². The highest BCUT2D eigenvalue weighted by Crippen LogP contribution is 2.46. The Labute approximate surface area is 185 Å². The zero-order valence-electron chi connectivity index (χ0n) is 16.8. The predicted molar refractivity (Wildman–Crippen MR) is 120 cm³/mol. The molecule has 2 aromatic rings. The number of para-hydroxylation sites is 1. The highest BCUT2D eigenvalue weighted by Gasteiger charge is 2.41. The molecule has 0 bridgehead atoms. The molecule has 0 amide bonds. The number of benzene rings is 2. The van der Waals surface area contributed by atoms with E-state index >= 15 is 0 Å². The van der Waals surface area contributed by atoms with Gasteiger partial charge in [-0.2, -0.15) is 0 Å². The van der Waals surface area contributed by atoms with Crippen molar-refractivity contribution in [1.29, 1.82) is 0 Å². The van der Waals surface area contributed by atoms with Gasteiger partial charge in [0.2, 0.25) is 0 Å². The van der Waals surface area contributed by atoms with E-state index in [4.69, 9.17) is 9.84 Å². The van der Waals surface area contributed by atoms with Gasteiger partial charge in [0.05, 0.1) is 33.1 Å². The third-order valence-electron chi connectivity index (χ3n) is 5.60. The Morgan fingerprint density at radius 3 is 2.50 bits per heavy atom. The molecule has 0 aliphatic carbocycles. The number of anilines is 2. The molecule has 160 valence electrons. The van der Waals surface area contributed by atoms with E-state index < -0.39 is 21.2 Å². The van der Waals surface area contributed by atoms with Crippen LogP contribution in [0, 0.1) is 5.41 Å². The molecule has 0 fully saturated rings. The van der Waals surface area contributed by atoms with Crippen molar-refractivity contribution in [2.45, 2.75) is 31.6 Å². The SMILES string of the molecule is CCC1(CC)CN(c2ccccc2)c2cc(Br)c(OC=CC(=O)O)cc2S(=O)(=O)C1. The molecule has 0 radical (unpaired) electrons. The third kappa shape index (κ3) is 4.54. The molecule has 1 N–H and O–H groups in total. The summed E-state index contributed by atoms with van der Waals surface area (Å²) in [5, 5.41) is 8.76. The van der Waals surface area contributed by atoms with E-state index in [0.717, 1.165) is 30.9 Å². The van der Waals surface area contributed by atoms with Crippen molar-refractivity contribution in [2.75, 3.05) is 17.2 Å². The van der Waals surface area contributed by atoms with Crippen molar-refractivity contribution >= 4 is 43.1 Å². The Bertz CT molecular complexity index is 1060. The van der Waals surface area contributed by atoms with Gasteiger partial charge >= 0.3 is 5.97 Å². The van der Waals surface area contributed by atoms with Gasteiger partial charge in [-0.3, -0.25) is 0 Å². The molecule has 0 spiro atoms. The summed E-state index contributed by atoms with van der Waals surface area (Å²) in [4.78, 5) is 12.9. The number of fused-ring (bicyclic) bond motifs is 1. The van der Waals surface area contributed by atoms with Crippen molar-refractivity contribution in [3.8, 4) is 5.75 Å². The van der Waals surface area contributed by atoms with Gasteiger partial charge in [-0.25, -0.2) is 13.2 Å². The zero-order chi connectivity index (χ0) is 21.9. The van der Waals surface area contributed by atoms with Crippen LogP contribution < -0.4 is 9.64 Å². The summed E-state index contributed by atoms with van der Waals surface area (Å²) in [6, 6.07) is 12.9. The first kappa shape index (κ1) is 22.4. The van der Waals surface area contributed by atoms with E-state index in [0.29, 0.717) is 16.7 Å². The third-order valence-corrected chi connectivity index (χ3v) is 8.21. The van der Waals surface area contributed by atoms with Crippen LogP contribution >= 0.6 is 15.9 Å². The molecule has 0 aromatic heterocycles. The highest BCUT2D eigenvalue weighted by atomic mass is 79.9. The first-order chi connectivity index (χ1) is 14.2. The van der Waals surface area contributed by atoms with Crippen LogP contribution in [0.4, 0.5) is 11.4 Å². The molecule has 30 heavy (non-hydrogen) atoms. The monoisotopic (exact) mass is 493 g/mol. The fraction of sp³-hybridized carbons (Fsp3) is 0.318. The van der Waals surface area contributed by atoms with E-state index in [1.165, 1.54) is 6.07 Å². The molecule has 2 aromatic carbocycles. The van der Waals surface area contributed by atoms with Crippen LogP contribution in [0.15, 0.2) is 64.2 Å². The van der Waals surface area contributed by atoms with Crippen LogP contribution in [-0.2, 0) is 14.6 Å². The zero-order valence-corrected chi connectivity index (χ0v) is 19.2. The first-order valence-corrected chi connectivity index (χ1v) is 12.1. The van der Waals surface area contributed by atoms with Gasteiger partial charge in [-0.15, -0.1) is 0 Å². The number of sulfone groups is 1. The number of carbonyl (C=O) groups is 1. The van der Waals surface area contributed by atoms with Crippen molar-refractivity contribution in [3.63, 3.8) is 0 Å². The molecular formula is C22H24BrNO5S. The van der Waals surface area contributed by atoms with E-state index in [2.05, 4.69) is 20.8 Å².